The Hall–Kier alpha value is -4.31. The lowest BCUT2D eigenvalue weighted by Crippen LogP contribution is -2.31. The van der Waals surface area contributed by atoms with Gasteiger partial charge in [-0.1, -0.05) is 57.5 Å². The summed E-state index contributed by atoms with van der Waals surface area (Å²) in [4.78, 5) is 52.9. The molecule has 4 rings (SSSR count). The van der Waals surface area contributed by atoms with Gasteiger partial charge in [0.25, 0.3) is 42.2 Å². The number of benzene rings is 1. The molecular formula is C38H47ClN4O13S3. The molecule has 2 amide bonds. The lowest BCUT2D eigenvalue weighted by atomic mass is 9.80. The van der Waals surface area contributed by atoms with Gasteiger partial charge in [0.15, 0.2) is 5.84 Å². The molecule has 0 radical (unpaired) electrons. The fourth-order valence-corrected chi connectivity index (χ4v) is 8.21. The number of aliphatic imine (C=N–C) groups is 2. The summed E-state index contributed by atoms with van der Waals surface area (Å²) in [5.74, 6) is -2.90. The zero-order chi connectivity index (χ0) is 44.1. The van der Waals surface area contributed by atoms with Gasteiger partial charge in [0.2, 0.25) is 0 Å². The first-order valence-corrected chi connectivity index (χ1v) is 23.4. The fraction of sp³-hybridized carbons (Fsp3) is 0.447. The molecule has 0 aliphatic carbocycles. The van der Waals surface area contributed by atoms with Gasteiger partial charge < -0.3 is 9.74 Å². The second-order valence-corrected chi connectivity index (χ2v) is 19.9. The number of imide groups is 1. The van der Waals surface area contributed by atoms with E-state index in [9.17, 15) is 48.7 Å². The first kappa shape index (κ1) is 47.4. The zero-order valence-corrected chi connectivity index (χ0v) is 36.3. The van der Waals surface area contributed by atoms with Crippen molar-refractivity contribution in [2.75, 3.05) is 29.5 Å². The average Bonchev–Trinajstić information content (AvgIpc) is 3.64. The van der Waals surface area contributed by atoms with Crippen molar-refractivity contribution in [2.45, 2.75) is 83.5 Å². The van der Waals surface area contributed by atoms with Gasteiger partial charge in [-0.3, -0.25) is 28.2 Å². The molecule has 17 nitrogen and oxygen atoms in total. The molecule has 322 valence electrons. The van der Waals surface area contributed by atoms with Gasteiger partial charge in [-0.2, -0.15) is 25.3 Å². The number of carbonyl (C=O) groups is 3. The fourth-order valence-electron chi connectivity index (χ4n) is 6.60. The highest BCUT2D eigenvalue weighted by Crippen LogP contribution is 2.48. The molecule has 0 atom stereocenters. The van der Waals surface area contributed by atoms with Crippen LogP contribution in [0.15, 0.2) is 91.4 Å². The first-order valence-electron chi connectivity index (χ1n) is 18.4. The number of amidine groups is 1. The van der Waals surface area contributed by atoms with E-state index in [0.29, 0.717) is 43.9 Å². The van der Waals surface area contributed by atoms with Crippen LogP contribution in [0.2, 0.25) is 0 Å². The van der Waals surface area contributed by atoms with E-state index in [4.69, 9.17) is 26.0 Å². The third-order valence-electron chi connectivity index (χ3n) is 9.83. The molecule has 0 aromatic heterocycles. The summed E-state index contributed by atoms with van der Waals surface area (Å²) in [6, 6.07) is 4.04. The first-order chi connectivity index (χ1) is 27.2. The van der Waals surface area contributed by atoms with Crippen LogP contribution >= 0.6 is 11.6 Å². The number of hydroxylamine groups is 2. The summed E-state index contributed by atoms with van der Waals surface area (Å²) in [6.07, 6.45) is 9.70. The van der Waals surface area contributed by atoms with E-state index >= 15 is 0 Å². The van der Waals surface area contributed by atoms with E-state index < -0.39 is 70.5 Å². The lowest BCUT2D eigenvalue weighted by molar-refractivity contribution is -0.197. The monoisotopic (exact) mass is 898 g/mol. The predicted octanol–water partition coefficient (Wildman–Crippen LogP) is 5.29. The third kappa shape index (κ3) is 12.4. The van der Waals surface area contributed by atoms with Crippen LogP contribution in [0.5, 0.6) is 0 Å². The topological polar surface area (TPSA) is 255 Å². The second-order valence-electron chi connectivity index (χ2n) is 14.9. The highest BCUT2D eigenvalue weighted by Gasteiger charge is 2.41. The number of allylic oxidation sites excluding steroid dienone is 9. The Morgan fingerprint density at radius 3 is 2.17 bits per heavy atom. The van der Waals surface area contributed by atoms with Crippen LogP contribution in [0.4, 0.5) is 5.69 Å². The van der Waals surface area contributed by atoms with Crippen molar-refractivity contribution in [2.24, 2.45) is 15.4 Å². The highest BCUT2D eigenvalue weighted by atomic mass is 35.5. The largest absolute Gasteiger partial charge is 0.344 e. The molecule has 59 heavy (non-hydrogen) atoms. The van der Waals surface area contributed by atoms with Gasteiger partial charge in [-0.05, 0) is 73.7 Å². The Bertz CT molecular complexity index is 2430. The Kier molecular flexibility index (Phi) is 14.9. The molecule has 1 fully saturated rings. The average molecular weight is 899 g/mol. The van der Waals surface area contributed by atoms with Crippen molar-refractivity contribution in [1.29, 1.82) is 0 Å². The normalized spacial score (nSPS) is 20.8. The van der Waals surface area contributed by atoms with E-state index in [1.165, 1.54) is 18.2 Å². The van der Waals surface area contributed by atoms with Gasteiger partial charge in [0.05, 0.1) is 28.5 Å². The van der Waals surface area contributed by atoms with Crippen LogP contribution < -0.4 is 4.90 Å². The molecule has 3 aliphatic rings. The van der Waals surface area contributed by atoms with Crippen LogP contribution in [0.3, 0.4) is 0 Å². The second kappa shape index (κ2) is 18.5. The molecule has 1 aromatic rings. The molecule has 3 heterocycles. The number of carbonyl (C=O) groups excluding carboxylic acids is 3. The van der Waals surface area contributed by atoms with Crippen LogP contribution in [-0.2, 0) is 55.0 Å². The molecule has 0 spiro atoms. The van der Waals surface area contributed by atoms with Gasteiger partial charge >= 0.3 is 5.97 Å². The van der Waals surface area contributed by atoms with Gasteiger partial charge in [-0.15, -0.1) is 5.06 Å². The van der Waals surface area contributed by atoms with E-state index in [2.05, 4.69) is 4.99 Å². The maximum Gasteiger partial charge on any atom is 0.333 e. The molecule has 1 aromatic carbocycles. The summed E-state index contributed by atoms with van der Waals surface area (Å²) < 4.78 is 98.3. The minimum absolute atomic E-state index is 0.00968. The van der Waals surface area contributed by atoms with Crippen molar-refractivity contribution in [3.05, 3.63) is 82.1 Å². The summed E-state index contributed by atoms with van der Waals surface area (Å²) in [5.41, 5.74) is 1.51. The van der Waals surface area contributed by atoms with Crippen molar-refractivity contribution >= 4 is 77.0 Å². The van der Waals surface area contributed by atoms with E-state index in [-0.39, 0.29) is 62.3 Å². The van der Waals surface area contributed by atoms with Crippen LogP contribution in [0, 0.1) is 5.41 Å². The number of nitrogens with zero attached hydrogens (tertiary/aromatic N) is 4. The van der Waals surface area contributed by atoms with Gasteiger partial charge in [0.1, 0.15) is 0 Å². The van der Waals surface area contributed by atoms with Crippen molar-refractivity contribution < 1.29 is 58.1 Å². The van der Waals surface area contributed by atoms with Crippen LogP contribution in [0.1, 0.15) is 78.7 Å². The Labute approximate surface area is 349 Å². The Morgan fingerprint density at radius 1 is 0.949 bits per heavy atom. The number of hydrogen-bond acceptors (Lipinski definition) is 12. The number of rotatable bonds is 17. The maximum absolute atomic E-state index is 12.9. The minimum atomic E-state index is -4.59. The summed E-state index contributed by atoms with van der Waals surface area (Å²) in [6.45, 7) is 9.20. The smallest absolute Gasteiger partial charge is 0.333 e. The summed E-state index contributed by atoms with van der Waals surface area (Å²) in [7, 11) is -13.1. The maximum atomic E-state index is 12.9. The zero-order valence-electron chi connectivity index (χ0n) is 33.1. The molecule has 3 N–H and O–H groups in total. The molecule has 0 bridgehead atoms. The Balaban J connectivity index is 1.80. The quantitative estimate of drug-likeness (QED) is 0.0778. The summed E-state index contributed by atoms with van der Waals surface area (Å²) in [5, 5.41) is 0.841. The summed E-state index contributed by atoms with van der Waals surface area (Å²) >= 11 is 6.40. The van der Waals surface area contributed by atoms with E-state index in [1.54, 1.807) is 62.1 Å². The van der Waals surface area contributed by atoms with Crippen LogP contribution in [0.25, 0.3) is 0 Å². The SMILES string of the molecule is C\C=C(Cl)/C=C1\C(=N\CCCS(=O)(=O)O)N=C(/C=C/C(=C/C=C2/N(CCCS(=O)(=O)O)c3ccc(S(=O)(=O)O)cc3C2(C)C)CCC(=O)ON2C(=O)CCC2=O)C1(C)C. The molecular weight excluding hydrogens is 852 g/mol. The number of amides is 2. The van der Waals surface area contributed by atoms with E-state index in [1.807, 2.05) is 13.8 Å². The van der Waals surface area contributed by atoms with Crippen molar-refractivity contribution in [3.8, 4) is 0 Å². The van der Waals surface area contributed by atoms with Crippen LogP contribution in [-0.4, -0.2) is 97.9 Å². The van der Waals surface area contributed by atoms with Gasteiger partial charge in [-0.25, -0.2) is 9.79 Å². The molecule has 0 unspecified atom stereocenters. The lowest BCUT2D eigenvalue weighted by Gasteiger charge is -2.27. The van der Waals surface area contributed by atoms with Crippen molar-refractivity contribution in [1.82, 2.24) is 5.06 Å². The number of anilines is 1. The highest BCUT2D eigenvalue weighted by molar-refractivity contribution is 7.86. The Morgan fingerprint density at radius 2 is 1.58 bits per heavy atom. The predicted molar refractivity (Wildman–Crippen MR) is 222 cm³/mol. The standard InChI is InChI=1S/C38H47ClN4O13S3/c1-6-26(39)23-29-36(40-19-7-21-57(47,48)49)41-31(37(29,2)3)14-9-25(11-18-35(46)56-43-33(44)16-17-34(43)45)10-15-32-38(4,5)28-24-27(59(53,54)55)12-13-30(28)42(32)20-8-22-58(50,51)52/h6,9-10,12-15,23-24H,7-8,11,16-22H2,1-5H3,(H,47,48,49)(H,50,51,52)(H,53,54,55)/b14-9+,25-10-,26-6+,29-23+,32-15+,40-36-. The van der Waals surface area contributed by atoms with Gasteiger partial charge in [0, 0.05) is 58.8 Å². The van der Waals surface area contributed by atoms with E-state index in [0.717, 1.165) is 0 Å². The molecule has 3 aliphatic heterocycles. The molecule has 0 saturated carbocycles. The third-order valence-corrected chi connectivity index (χ3v) is 12.6. The number of fused-ring (bicyclic) bond motifs is 1. The minimum Gasteiger partial charge on any atom is -0.344 e. The number of hydrogen-bond donors (Lipinski definition) is 3. The van der Waals surface area contributed by atoms with Crippen molar-refractivity contribution in [3.63, 3.8) is 0 Å². The molecule has 21 heteroatoms. The number of halogens is 1. The molecule has 1 saturated heterocycles.